The van der Waals surface area contributed by atoms with E-state index in [-0.39, 0.29) is 5.78 Å². The Bertz CT molecular complexity index is 821. The van der Waals surface area contributed by atoms with Crippen LogP contribution in [0.2, 0.25) is 0 Å². The molecule has 0 amide bonds. The zero-order valence-electron chi connectivity index (χ0n) is 13.4. The summed E-state index contributed by atoms with van der Waals surface area (Å²) in [4.78, 5) is 12.6. The minimum absolute atomic E-state index is 0.116. The van der Waals surface area contributed by atoms with Gasteiger partial charge in [-0.05, 0) is 35.8 Å². The summed E-state index contributed by atoms with van der Waals surface area (Å²) in [5.74, 6) is 0.272. The highest BCUT2D eigenvalue weighted by molar-refractivity contribution is 6.03. The number of carbonyl (C=O) groups excluding carboxylic acids is 1. The van der Waals surface area contributed by atoms with Crippen LogP contribution in [-0.4, -0.2) is 17.5 Å². The second-order valence-electron chi connectivity index (χ2n) is 6.24. The van der Waals surface area contributed by atoms with E-state index in [1.165, 1.54) is 0 Å². The molecule has 0 N–H and O–H groups in total. The van der Waals surface area contributed by atoms with E-state index in [0.717, 1.165) is 16.7 Å². The Morgan fingerprint density at radius 3 is 2.42 bits per heavy atom. The normalized spacial score (nSPS) is 25.2. The predicted molar refractivity (Wildman–Crippen MR) is 92.0 cm³/mol. The average Bonchev–Trinajstić information content (AvgIpc) is 2.92. The third-order valence-corrected chi connectivity index (χ3v) is 4.45. The van der Waals surface area contributed by atoms with Crippen molar-refractivity contribution in [3.8, 4) is 0 Å². The molecule has 2 atom stereocenters. The number of carbonyl (C=O) groups is 1. The Balaban J connectivity index is 1.61. The molecule has 0 spiro atoms. The van der Waals surface area contributed by atoms with Gasteiger partial charge in [-0.3, -0.25) is 4.79 Å². The van der Waals surface area contributed by atoms with Crippen LogP contribution >= 0.6 is 0 Å². The summed E-state index contributed by atoms with van der Waals surface area (Å²) in [5.41, 5.74) is 2.48. The van der Waals surface area contributed by atoms with Crippen molar-refractivity contribution in [3.63, 3.8) is 0 Å². The van der Waals surface area contributed by atoms with Crippen molar-refractivity contribution in [1.82, 2.24) is 0 Å². The molecule has 2 heterocycles. The Kier molecular flexibility index (Phi) is 3.58. The minimum atomic E-state index is -0.633. The lowest BCUT2D eigenvalue weighted by molar-refractivity contribution is -0.133. The summed E-state index contributed by atoms with van der Waals surface area (Å²) in [6.07, 6.45) is 3.15. The molecule has 0 saturated heterocycles. The monoisotopic (exact) mass is 318 g/mol. The zero-order chi connectivity index (χ0) is 16.6. The molecule has 2 unspecified atom stereocenters. The molecule has 2 aromatic rings. The highest BCUT2D eigenvalue weighted by Gasteiger charge is 2.46. The molecule has 2 aliphatic rings. The van der Waals surface area contributed by atoms with E-state index in [0.29, 0.717) is 12.4 Å². The summed E-state index contributed by atoms with van der Waals surface area (Å²) in [5, 5.41) is 0. The van der Waals surface area contributed by atoms with Gasteiger partial charge in [0.25, 0.3) is 0 Å². The molecule has 4 rings (SSSR count). The van der Waals surface area contributed by atoms with Gasteiger partial charge in [0.2, 0.25) is 5.78 Å². The fourth-order valence-electron chi connectivity index (χ4n) is 3.23. The van der Waals surface area contributed by atoms with Crippen molar-refractivity contribution in [2.24, 2.45) is 0 Å². The maximum atomic E-state index is 12.6. The fourth-order valence-corrected chi connectivity index (χ4v) is 3.23. The van der Waals surface area contributed by atoms with Gasteiger partial charge < -0.3 is 9.47 Å². The van der Waals surface area contributed by atoms with Crippen LogP contribution in [0.4, 0.5) is 0 Å². The standard InChI is InChI=1S/C21H18O3/c1-21-13-19(23-14-15-8-4-2-5-9-15)20(22)18(24-21)12-17(21)16-10-6-3-7-11-16/h2-13,18H,14H2,1H3. The van der Waals surface area contributed by atoms with Gasteiger partial charge in [-0.25, -0.2) is 0 Å². The first-order valence-corrected chi connectivity index (χ1v) is 8.05. The molecule has 3 nitrogen and oxygen atoms in total. The van der Waals surface area contributed by atoms with E-state index in [4.69, 9.17) is 9.47 Å². The molecule has 0 aromatic heterocycles. The summed E-state index contributed by atoms with van der Waals surface area (Å²) < 4.78 is 11.8. The zero-order valence-corrected chi connectivity index (χ0v) is 13.4. The van der Waals surface area contributed by atoms with Crippen LogP contribution in [0.15, 0.2) is 78.6 Å². The van der Waals surface area contributed by atoms with E-state index in [9.17, 15) is 4.79 Å². The van der Waals surface area contributed by atoms with Crippen LogP contribution in [0.5, 0.6) is 0 Å². The van der Waals surface area contributed by atoms with Crippen LogP contribution in [0.1, 0.15) is 18.1 Å². The van der Waals surface area contributed by atoms with E-state index in [1.54, 1.807) is 6.08 Å². The van der Waals surface area contributed by atoms with Gasteiger partial charge in [-0.1, -0.05) is 60.7 Å². The van der Waals surface area contributed by atoms with E-state index in [1.807, 2.05) is 73.7 Å². The van der Waals surface area contributed by atoms with Gasteiger partial charge in [-0.15, -0.1) is 0 Å². The maximum Gasteiger partial charge on any atom is 0.229 e. The van der Waals surface area contributed by atoms with Gasteiger partial charge in [0.1, 0.15) is 18.3 Å². The van der Waals surface area contributed by atoms with Crippen LogP contribution in [0.3, 0.4) is 0 Å². The largest absolute Gasteiger partial charge is 0.485 e. The Labute approximate surface area is 141 Å². The van der Waals surface area contributed by atoms with Crippen LogP contribution < -0.4 is 0 Å². The van der Waals surface area contributed by atoms with Crippen molar-refractivity contribution in [2.45, 2.75) is 25.2 Å². The highest BCUT2D eigenvalue weighted by atomic mass is 16.5. The van der Waals surface area contributed by atoms with Gasteiger partial charge in [0.05, 0.1) is 0 Å². The van der Waals surface area contributed by atoms with Gasteiger partial charge in [0.15, 0.2) is 5.76 Å². The number of hydrogen-bond acceptors (Lipinski definition) is 3. The molecule has 2 bridgehead atoms. The van der Waals surface area contributed by atoms with Crippen LogP contribution in [0, 0.1) is 0 Å². The SMILES string of the molecule is CC12C=C(OCc3ccccc3)C(=O)C(C=C1c1ccccc1)O2. The lowest BCUT2D eigenvalue weighted by atomic mass is 9.90. The third kappa shape index (κ3) is 2.57. The summed E-state index contributed by atoms with van der Waals surface area (Å²) >= 11 is 0. The van der Waals surface area contributed by atoms with Crippen molar-refractivity contribution < 1.29 is 14.3 Å². The highest BCUT2D eigenvalue weighted by Crippen LogP contribution is 2.43. The second-order valence-corrected chi connectivity index (χ2v) is 6.24. The van der Waals surface area contributed by atoms with Crippen molar-refractivity contribution in [2.75, 3.05) is 0 Å². The molecule has 3 heteroatoms. The fraction of sp³-hybridized carbons (Fsp3) is 0.190. The molecular weight excluding hydrogens is 300 g/mol. The number of benzene rings is 2. The number of rotatable bonds is 4. The Morgan fingerprint density at radius 1 is 1.04 bits per heavy atom. The van der Waals surface area contributed by atoms with E-state index < -0.39 is 11.7 Å². The third-order valence-electron chi connectivity index (χ3n) is 4.45. The minimum Gasteiger partial charge on any atom is -0.485 e. The topological polar surface area (TPSA) is 35.5 Å². The van der Waals surface area contributed by atoms with Gasteiger partial charge in [-0.2, -0.15) is 0 Å². The molecular formula is C21H18O3. The first kappa shape index (κ1) is 14.9. The number of fused-ring (bicyclic) bond motifs is 2. The first-order chi connectivity index (χ1) is 11.7. The number of ether oxygens (including phenoxy) is 2. The van der Waals surface area contributed by atoms with E-state index in [2.05, 4.69) is 0 Å². The van der Waals surface area contributed by atoms with Crippen LogP contribution in [0.25, 0.3) is 5.57 Å². The Morgan fingerprint density at radius 2 is 1.71 bits per heavy atom. The number of hydrogen-bond donors (Lipinski definition) is 0. The molecule has 120 valence electrons. The summed E-state index contributed by atoms with van der Waals surface area (Å²) in [7, 11) is 0. The van der Waals surface area contributed by atoms with E-state index >= 15 is 0 Å². The lowest BCUT2D eigenvalue weighted by Gasteiger charge is -2.30. The summed E-state index contributed by atoms with van der Waals surface area (Å²) in [6.45, 7) is 2.35. The molecule has 2 aliphatic heterocycles. The smallest absolute Gasteiger partial charge is 0.229 e. The average molecular weight is 318 g/mol. The second kappa shape index (κ2) is 5.77. The molecule has 2 aromatic carbocycles. The quantitative estimate of drug-likeness (QED) is 0.857. The molecule has 0 aliphatic carbocycles. The lowest BCUT2D eigenvalue weighted by Crippen LogP contribution is -2.36. The number of Topliss-reactive ketones (excluding diaryl/α,β-unsaturated/α-hetero) is 1. The van der Waals surface area contributed by atoms with Crippen molar-refractivity contribution in [1.29, 1.82) is 0 Å². The molecule has 0 saturated carbocycles. The predicted octanol–water partition coefficient (Wildman–Crippen LogP) is 3.91. The van der Waals surface area contributed by atoms with Crippen molar-refractivity contribution >= 4 is 11.4 Å². The molecule has 0 radical (unpaired) electrons. The Hall–Kier alpha value is -2.65. The molecule has 24 heavy (non-hydrogen) atoms. The first-order valence-electron chi connectivity index (χ1n) is 8.05. The van der Waals surface area contributed by atoms with Crippen molar-refractivity contribution in [3.05, 3.63) is 89.7 Å². The molecule has 0 fully saturated rings. The van der Waals surface area contributed by atoms with Gasteiger partial charge in [0, 0.05) is 0 Å². The maximum absolute atomic E-state index is 12.6. The summed E-state index contributed by atoms with van der Waals surface area (Å²) in [6, 6.07) is 19.8. The van der Waals surface area contributed by atoms with Gasteiger partial charge >= 0.3 is 0 Å². The van der Waals surface area contributed by atoms with Crippen LogP contribution in [-0.2, 0) is 20.9 Å². The number of ketones is 1.